The van der Waals surface area contributed by atoms with E-state index in [-0.39, 0.29) is 12.5 Å². The van der Waals surface area contributed by atoms with Gasteiger partial charge in [0, 0.05) is 0 Å². The quantitative estimate of drug-likeness (QED) is 0.748. The zero-order chi connectivity index (χ0) is 17.6. The molecule has 0 spiro atoms. The molecule has 0 bridgehead atoms. The predicted molar refractivity (Wildman–Crippen MR) is 92.8 cm³/mol. The number of nitrogens with zero attached hydrogens (tertiary/aromatic N) is 2. The first-order valence-corrected chi connectivity index (χ1v) is 8.01. The first kappa shape index (κ1) is 16.7. The average molecular weight is 337 g/mol. The Morgan fingerprint density at radius 3 is 2.44 bits per heavy atom. The molecule has 0 aliphatic carbocycles. The van der Waals surface area contributed by atoms with Crippen LogP contribution in [0.25, 0.3) is 11.1 Å². The average Bonchev–Trinajstić information content (AvgIpc) is 3.06. The second kappa shape index (κ2) is 7.61. The van der Waals surface area contributed by atoms with Gasteiger partial charge in [-0.05, 0) is 37.1 Å². The van der Waals surface area contributed by atoms with Gasteiger partial charge in [-0.3, -0.25) is 4.79 Å². The molecule has 1 N–H and O–H groups in total. The summed E-state index contributed by atoms with van der Waals surface area (Å²) in [6, 6.07) is 17.7. The van der Waals surface area contributed by atoms with Gasteiger partial charge in [0.15, 0.2) is 11.9 Å². The van der Waals surface area contributed by atoms with E-state index in [0.29, 0.717) is 17.5 Å². The van der Waals surface area contributed by atoms with Crippen LogP contribution in [0.4, 0.5) is 0 Å². The predicted octanol–water partition coefficient (Wildman–Crippen LogP) is 3.13. The summed E-state index contributed by atoms with van der Waals surface area (Å²) >= 11 is 0. The molecule has 25 heavy (non-hydrogen) atoms. The number of hydrogen-bond acceptors (Lipinski definition) is 5. The zero-order valence-electron chi connectivity index (χ0n) is 14.1. The van der Waals surface area contributed by atoms with Gasteiger partial charge in [-0.1, -0.05) is 47.6 Å². The van der Waals surface area contributed by atoms with Crippen LogP contribution in [0.1, 0.15) is 18.6 Å². The molecule has 0 aliphatic rings. The van der Waals surface area contributed by atoms with Crippen molar-refractivity contribution in [2.24, 2.45) is 0 Å². The van der Waals surface area contributed by atoms with Gasteiger partial charge in [0.05, 0.1) is 6.54 Å². The molecule has 2 aromatic carbocycles. The van der Waals surface area contributed by atoms with E-state index in [1.54, 1.807) is 13.8 Å². The fourth-order valence-electron chi connectivity index (χ4n) is 2.33. The maximum absolute atomic E-state index is 12.1. The summed E-state index contributed by atoms with van der Waals surface area (Å²) in [5.41, 5.74) is 2.23. The van der Waals surface area contributed by atoms with Crippen LogP contribution in [-0.4, -0.2) is 22.2 Å². The normalized spacial score (nSPS) is 11.8. The summed E-state index contributed by atoms with van der Waals surface area (Å²) in [4.78, 5) is 16.1. The van der Waals surface area contributed by atoms with Crippen LogP contribution >= 0.6 is 0 Å². The fourth-order valence-corrected chi connectivity index (χ4v) is 2.33. The molecular formula is C19H19N3O3. The number of amides is 1. The number of hydrogen-bond donors (Lipinski definition) is 1. The lowest BCUT2D eigenvalue weighted by molar-refractivity contribution is -0.127. The van der Waals surface area contributed by atoms with Crippen molar-refractivity contribution in [2.45, 2.75) is 26.5 Å². The van der Waals surface area contributed by atoms with E-state index in [9.17, 15) is 4.79 Å². The molecule has 3 rings (SSSR count). The standard InChI is InChI=1S/C19H19N3O3/c1-13(19(23)20-12-18-21-14(2)22-25-18)24-17-10-8-16(9-11-17)15-6-4-3-5-7-15/h3-11,13H,12H2,1-2H3,(H,20,23)/t13-/m0/s1. The number of aromatic nitrogens is 2. The lowest BCUT2D eigenvalue weighted by atomic mass is 10.1. The number of ether oxygens (including phenoxy) is 1. The minimum atomic E-state index is -0.633. The molecule has 1 aromatic heterocycles. The zero-order valence-corrected chi connectivity index (χ0v) is 14.1. The van der Waals surface area contributed by atoms with E-state index in [2.05, 4.69) is 15.5 Å². The van der Waals surface area contributed by atoms with Crippen molar-refractivity contribution >= 4 is 5.91 Å². The molecule has 1 atom stereocenters. The second-order valence-corrected chi connectivity index (χ2v) is 5.60. The molecule has 3 aromatic rings. The minimum Gasteiger partial charge on any atom is -0.481 e. The Labute approximate surface area is 145 Å². The fraction of sp³-hybridized carbons (Fsp3) is 0.211. The van der Waals surface area contributed by atoms with Gasteiger partial charge in [0.25, 0.3) is 5.91 Å². The molecule has 6 nitrogen and oxygen atoms in total. The summed E-state index contributed by atoms with van der Waals surface area (Å²) in [7, 11) is 0. The Morgan fingerprint density at radius 1 is 1.12 bits per heavy atom. The van der Waals surface area contributed by atoms with E-state index in [1.807, 2.05) is 54.6 Å². The van der Waals surface area contributed by atoms with Gasteiger partial charge in [-0.15, -0.1) is 0 Å². The Kier molecular flexibility index (Phi) is 5.09. The third-order valence-electron chi connectivity index (χ3n) is 3.63. The van der Waals surface area contributed by atoms with Crippen molar-refractivity contribution in [1.82, 2.24) is 15.5 Å². The highest BCUT2D eigenvalue weighted by Gasteiger charge is 2.15. The first-order valence-electron chi connectivity index (χ1n) is 8.01. The van der Waals surface area contributed by atoms with E-state index >= 15 is 0 Å². The minimum absolute atomic E-state index is 0.181. The summed E-state index contributed by atoms with van der Waals surface area (Å²) in [5, 5.41) is 6.38. The highest BCUT2D eigenvalue weighted by Crippen LogP contribution is 2.22. The summed E-state index contributed by atoms with van der Waals surface area (Å²) in [5.74, 6) is 1.29. The first-order chi connectivity index (χ1) is 12.1. The van der Waals surface area contributed by atoms with Crippen molar-refractivity contribution in [3.8, 4) is 16.9 Å². The largest absolute Gasteiger partial charge is 0.481 e. The highest BCUT2D eigenvalue weighted by molar-refractivity contribution is 5.80. The van der Waals surface area contributed by atoms with Crippen molar-refractivity contribution in [3.05, 3.63) is 66.3 Å². The van der Waals surface area contributed by atoms with Crippen LogP contribution in [0, 0.1) is 6.92 Å². The maximum Gasteiger partial charge on any atom is 0.261 e. The number of carbonyl (C=O) groups excluding carboxylic acids is 1. The molecule has 0 saturated heterocycles. The number of carbonyl (C=O) groups is 1. The van der Waals surface area contributed by atoms with E-state index in [1.165, 1.54) is 0 Å². The van der Waals surface area contributed by atoms with Gasteiger partial charge < -0.3 is 14.6 Å². The Bertz CT molecular complexity index is 829. The smallest absolute Gasteiger partial charge is 0.261 e. The highest BCUT2D eigenvalue weighted by atomic mass is 16.5. The lowest BCUT2D eigenvalue weighted by Gasteiger charge is -2.14. The van der Waals surface area contributed by atoms with Crippen LogP contribution in [0.2, 0.25) is 0 Å². The van der Waals surface area contributed by atoms with E-state index in [4.69, 9.17) is 9.26 Å². The van der Waals surface area contributed by atoms with Crippen molar-refractivity contribution < 1.29 is 14.1 Å². The summed E-state index contributed by atoms with van der Waals surface area (Å²) in [6.07, 6.45) is -0.633. The number of nitrogens with one attached hydrogen (secondary N) is 1. The Morgan fingerprint density at radius 2 is 1.80 bits per heavy atom. The molecule has 6 heteroatoms. The van der Waals surface area contributed by atoms with Crippen molar-refractivity contribution in [2.75, 3.05) is 0 Å². The molecule has 1 heterocycles. The maximum atomic E-state index is 12.1. The van der Waals surface area contributed by atoms with Crippen LogP contribution in [-0.2, 0) is 11.3 Å². The third kappa shape index (κ3) is 4.44. The summed E-state index contributed by atoms with van der Waals surface area (Å²) < 4.78 is 10.6. The molecule has 0 radical (unpaired) electrons. The lowest BCUT2D eigenvalue weighted by Crippen LogP contribution is -2.35. The van der Waals surface area contributed by atoms with Crippen LogP contribution in [0.3, 0.4) is 0 Å². The van der Waals surface area contributed by atoms with Gasteiger partial charge in [-0.2, -0.15) is 4.98 Å². The Hall–Kier alpha value is -3.15. The third-order valence-corrected chi connectivity index (χ3v) is 3.63. The number of rotatable bonds is 6. The van der Waals surface area contributed by atoms with E-state index < -0.39 is 6.10 Å². The van der Waals surface area contributed by atoms with Crippen LogP contribution < -0.4 is 10.1 Å². The van der Waals surface area contributed by atoms with Gasteiger partial charge in [-0.25, -0.2) is 0 Å². The SMILES string of the molecule is Cc1noc(CNC(=O)[C@H](C)Oc2ccc(-c3ccccc3)cc2)n1. The van der Waals surface area contributed by atoms with Crippen LogP contribution in [0.15, 0.2) is 59.1 Å². The number of benzene rings is 2. The topological polar surface area (TPSA) is 77.2 Å². The molecule has 0 unspecified atom stereocenters. The molecule has 0 aliphatic heterocycles. The Balaban J connectivity index is 1.55. The number of aryl methyl sites for hydroxylation is 1. The van der Waals surface area contributed by atoms with Gasteiger partial charge >= 0.3 is 0 Å². The van der Waals surface area contributed by atoms with Gasteiger partial charge in [0.1, 0.15) is 5.75 Å². The van der Waals surface area contributed by atoms with E-state index in [0.717, 1.165) is 11.1 Å². The second-order valence-electron chi connectivity index (χ2n) is 5.60. The summed E-state index contributed by atoms with van der Waals surface area (Å²) in [6.45, 7) is 3.60. The molecule has 1 amide bonds. The van der Waals surface area contributed by atoms with Crippen LogP contribution in [0.5, 0.6) is 5.75 Å². The molecular weight excluding hydrogens is 318 g/mol. The van der Waals surface area contributed by atoms with Crippen molar-refractivity contribution in [3.63, 3.8) is 0 Å². The monoisotopic (exact) mass is 337 g/mol. The molecule has 0 fully saturated rings. The molecule has 0 saturated carbocycles. The van der Waals surface area contributed by atoms with Gasteiger partial charge in [0.2, 0.25) is 5.89 Å². The van der Waals surface area contributed by atoms with Crippen molar-refractivity contribution in [1.29, 1.82) is 0 Å². The molecule has 128 valence electrons.